The highest BCUT2D eigenvalue weighted by atomic mass is 32.2. The highest BCUT2D eigenvalue weighted by Crippen LogP contribution is 2.47. The fourth-order valence-electron chi connectivity index (χ4n) is 3.05. The largest absolute Gasteiger partial charge is 0.295 e. The van der Waals surface area contributed by atoms with Gasteiger partial charge in [0.15, 0.2) is 9.84 Å². The van der Waals surface area contributed by atoms with Crippen molar-refractivity contribution in [3.63, 3.8) is 0 Å². The molecule has 4 heteroatoms. The molecule has 3 nitrogen and oxygen atoms in total. The molecular weight excluding hydrogens is 222 g/mol. The topological polar surface area (TPSA) is 37.4 Å². The van der Waals surface area contributed by atoms with E-state index in [2.05, 4.69) is 11.8 Å². The number of benzene rings is 1. The molecule has 0 radical (unpaired) electrons. The molecule has 86 valence electrons. The average molecular weight is 237 g/mol. The van der Waals surface area contributed by atoms with Gasteiger partial charge in [0, 0.05) is 6.54 Å². The smallest absolute Gasteiger partial charge is 0.183 e. The number of hydrogen-bond donors (Lipinski definition) is 0. The first kappa shape index (κ1) is 10.3. The van der Waals surface area contributed by atoms with Gasteiger partial charge in [0.1, 0.15) is 0 Å². The molecule has 2 aliphatic rings. The molecule has 1 aromatic rings. The zero-order chi connectivity index (χ0) is 11.3. The van der Waals surface area contributed by atoms with Crippen LogP contribution in [0.1, 0.15) is 24.9 Å². The lowest BCUT2D eigenvalue weighted by molar-refractivity contribution is 0.273. The van der Waals surface area contributed by atoms with E-state index >= 15 is 0 Å². The summed E-state index contributed by atoms with van der Waals surface area (Å²) in [7, 11) is -3.07. The summed E-state index contributed by atoms with van der Waals surface area (Å²) in [4.78, 5) is 2.83. The Bertz CT molecular complexity index is 524. The van der Waals surface area contributed by atoms with E-state index in [-0.39, 0.29) is 11.3 Å². The maximum atomic E-state index is 12.3. The van der Waals surface area contributed by atoms with Crippen LogP contribution in [-0.2, 0) is 9.84 Å². The molecule has 0 N–H and O–H groups in total. The third-order valence-electron chi connectivity index (χ3n) is 3.80. The number of hydrogen-bond acceptors (Lipinski definition) is 3. The molecule has 1 saturated heterocycles. The lowest BCUT2D eigenvalue weighted by atomic mass is 10.1. The molecule has 0 bridgehead atoms. The lowest BCUT2D eigenvalue weighted by Crippen LogP contribution is -2.25. The SMILES string of the molecule is CCN1CC[C@@H]2[C@H]1c1ccccc1S2(=O)=O. The fourth-order valence-corrected chi connectivity index (χ4v) is 5.23. The Kier molecular flexibility index (Phi) is 2.13. The van der Waals surface area contributed by atoms with Crippen LogP contribution >= 0.6 is 0 Å². The van der Waals surface area contributed by atoms with Crippen LogP contribution in [0.3, 0.4) is 0 Å². The van der Waals surface area contributed by atoms with Crippen LogP contribution in [0, 0.1) is 0 Å². The maximum absolute atomic E-state index is 12.3. The van der Waals surface area contributed by atoms with Crippen LogP contribution in [0.25, 0.3) is 0 Å². The van der Waals surface area contributed by atoms with Gasteiger partial charge in [-0.25, -0.2) is 8.42 Å². The minimum absolute atomic E-state index is 0.103. The van der Waals surface area contributed by atoms with E-state index < -0.39 is 9.84 Å². The lowest BCUT2D eigenvalue weighted by Gasteiger charge is -2.21. The summed E-state index contributed by atoms with van der Waals surface area (Å²) in [6.07, 6.45) is 0.773. The first-order valence-corrected chi connectivity index (χ1v) is 7.27. The van der Waals surface area contributed by atoms with Crippen molar-refractivity contribution < 1.29 is 8.42 Å². The van der Waals surface area contributed by atoms with Crippen LogP contribution in [-0.4, -0.2) is 31.7 Å². The molecular formula is C12H15NO2S. The van der Waals surface area contributed by atoms with Crippen LogP contribution < -0.4 is 0 Å². The number of likely N-dealkylation sites (tertiary alicyclic amines) is 1. The van der Waals surface area contributed by atoms with Crippen molar-refractivity contribution in [3.8, 4) is 0 Å². The van der Waals surface area contributed by atoms with E-state index in [0.29, 0.717) is 4.90 Å². The second-order valence-corrected chi connectivity index (χ2v) is 6.62. The zero-order valence-corrected chi connectivity index (χ0v) is 10.1. The molecule has 0 amide bonds. The average Bonchev–Trinajstić information content (AvgIpc) is 2.80. The zero-order valence-electron chi connectivity index (χ0n) is 9.26. The van der Waals surface area contributed by atoms with Crippen LogP contribution in [0.4, 0.5) is 0 Å². The Balaban J connectivity index is 2.21. The van der Waals surface area contributed by atoms with E-state index in [1.165, 1.54) is 0 Å². The first-order valence-electron chi connectivity index (χ1n) is 5.73. The summed E-state index contributed by atoms with van der Waals surface area (Å²) in [6, 6.07) is 7.56. The van der Waals surface area contributed by atoms with Gasteiger partial charge in [0.05, 0.1) is 16.2 Å². The standard InChI is InChI=1S/C12H15NO2S/c1-2-13-8-7-11-12(13)9-5-3-4-6-10(9)16(11,14)15/h3-6,11-12H,2,7-8H2,1H3/t11-,12-/m1/s1. The van der Waals surface area contributed by atoms with Gasteiger partial charge in [-0.2, -0.15) is 0 Å². The quantitative estimate of drug-likeness (QED) is 0.744. The van der Waals surface area contributed by atoms with Crippen molar-refractivity contribution in [1.82, 2.24) is 4.90 Å². The van der Waals surface area contributed by atoms with E-state index in [1.807, 2.05) is 18.2 Å². The molecule has 0 unspecified atom stereocenters. The third kappa shape index (κ3) is 1.14. The molecule has 0 aliphatic carbocycles. The van der Waals surface area contributed by atoms with Crippen molar-refractivity contribution >= 4 is 9.84 Å². The molecule has 16 heavy (non-hydrogen) atoms. The van der Waals surface area contributed by atoms with Gasteiger partial charge < -0.3 is 0 Å². The summed E-state index contributed by atoms with van der Waals surface area (Å²) < 4.78 is 24.6. The molecule has 3 rings (SSSR count). The Morgan fingerprint density at radius 3 is 2.88 bits per heavy atom. The van der Waals surface area contributed by atoms with Crippen molar-refractivity contribution in [3.05, 3.63) is 29.8 Å². The van der Waals surface area contributed by atoms with Gasteiger partial charge in [-0.3, -0.25) is 4.90 Å². The van der Waals surface area contributed by atoms with E-state index in [0.717, 1.165) is 25.1 Å². The normalized spacial score (nSPS) is 31.3. The van der Waals surface area contributed by atoms with Crippen molar-refractivity contribution in [2.24, 2.45) is 0 Å². The Hall–Kier alpha value is -0.870. The molecule has 2 heterocycles. The minimum atomic E-state index is -3.07. The summed E-state index contributed by atoms with van der Waals surface area (Å²) >= 11 is 0. The second-order valence-electron chi connectivity index (χ2n) is 4.48. The molecule has 0 saturated carbocycles. The summed E-state index contributed by atoms with van der Waals surface area (Å²) in [5.41, 5.74) is 1.01. The van der Waals surface area contributed by atoms with Gasteiger partial charge in [0.25, 0.3) is 0 Å². The summed E-state index contributed by atoms with van der Waals surface area (Å²) in [5, 5.41) is -0.204. The Morgan fingerprint density at radius 1 is 1.38 bits per heavy atom. The highest BCUT2D eigenvalue weighted by molar-refractivity contribution is 7.92. The molecule has 2 atom stereocenters. The number of sulfone groups is 1. The predicted molar refractivity (Wildman–Crippen MR) is 62.0 cm³/mol. The van der Waals surface area contributed by atoms with Gasteiger partial charge in [-0.1, -0.05) is 25.1 Å². The summed E-state index contributed by atoms with van der Waals surface area (Å²) in [6.45, 7) is 3.92. The van der Waals surface area contributed by atoms with E-state index in [4.69, 9.17) is 0 Å². The van der Waals surface area contributed by atoms with Crippen LogP contribution in [0.15, 0.2) is 29.2 Å². The molecule has 0 spiro atoms. The fraction of sp³-hybridized carbons (Fsp3) is 0.500. The maximum Gasteiger partial charge on any atom is 0.183 e. The van der Waals surface area contributed by atoms with Gasteiger partial charge >= 0.3 is 0 Å². The van der Waals surface area contributed by atoms with Gasteiger partial charge in [0.2, 0.25) is 0 Å². The van der Waals surface area contributed by atoms with E-state index in [9.17, 15) is 8.42 Å². The van der Waals surface area contributed by atoms with Crippen LogP contribution in [0.2, 0.25) is 0 Å². The predicted octanol–water partition coefficient (Wildman–Crippen LogP) is 1.61. The number of rotatable bonds is 1. The summed E-state index contributed by atoms with van der Waals surface area (Å²) in [5.74, 6) is 0. The molecule has 1 fully saturated rings. The first-order chi connectivity index (χ1) is 7.66. The van der Waals surface area contributed by atoms with Crippen molar-refractivity contribution in [2.45, 2.75) is 29.5 Å². The van der Waals surface area contributed by atoms with E-state index in [1.54, 1.807) is 6.07 Å². The number of fused-ring (bicyclic) bond motifs is 3. The third-order valence-corrected chi connectivity index (χ3v) is 6.07. The van der Waals surface area contributed by atoms with Gasteiger partial charge in [-0.15, -0.1) is 0 Å². The Labute approximate surface area is 96.0 Å². The second kappa shape index (κ2) is 3.31. The number of nitrogens with zero attached hydrogens (tertiary/aromatic N) is 1. The molecule has 1 aromatic carbocycles. The Morgan fingerprint density at radius 2 is 2.12 bits per heavy atom. The monoisotopic (exact) mass is 237 g/mol. The van der Waals surface area contributed by atoms with Gasteiger partial charge in [-0.05, 0) is 24.6 Å². The van der Waals surface area contributed by atoms with Crippen molar-refractivity contribution in [1.29, 1.82) is 0 Å². The molecule has 2 aliphatic heterocycles. The molecule has 0 aromatic heterocycles. The van der Waals surface area contributed by atoms with Crippen LogP contribution in [0.5, 0.6) is 0 Å². The minimum Gasteiger partial charge on any atom is -0.295 e. The highest BCUT2D eigenvalue weighted by Gasteiger charge is 2.50. The van der Waals surface area contributed by atoms with Crippen molar-refractivity contribution in [2.75, 3.05) is 13.1 Å².